The van der Waals surface area contributed by atoms with Crippen LogP contribution in [0.3, 0.4) is 0 Å². The smallest absolute Gasteiger partial charge is 0.307 e. The van der Waals surface area contributed by atoms with Crippen molar-refractivity contribution < 1.29 is 19.5 Å². The number of anilines is 1. The van der Waals surface area contributed by atoms with Crippen molar-refractivity contribution in [3.8, 4) is 0 Å². The SMILES string of the molecule is CC(C)NC(=O)c1c(NC(=O)[C@@H]2CC=CC[C@H]2C(=O)O)sc2c1CC[C@@H](C(C)(C)C)C2. The normalized spacial score (nSPS) is 23.4. The Morgan fingerprint density at radius 2 is 1.77 bits per heavy atom. The highest BCUT2D eigenvalue weighted by molar-refractivity contribution is 7.17. The maximum atomic E-state index is 13.1. The summed E-state index contributed by atoms with van der Waals surface area (Å²) in [6, 6.07) is -0.0163. The van der Waals surface area contributed by atoms with Crippen LogP contribution in [0.25, 0.3) is 0 Å². The minimum atomic E-state index is -0.958. The first kappa shape index (κ1) is 23.5. The number of carboxylic acids is 1. The average molecular weight is 447 g/mol. The fraction of sp³-hybridized carbons (Fsp3) is 0.625. The average Bonchev–Trinajstić information content (AvgIpc) is 3.03. The zero-order valence-corrected chi connectivity index (χ0v) is 19.9. The molecule has 3 N–H and O–H groups in total. The van der Waals surface area contributed by atoms with Crippen LogP contribution in [-0.2, 0) is 22.4 Å². The molecule has 0 unspecified atom stereocenters. The summed E-state index contributed by atoms with van der Waals surface area (Å²) in [4.78, 5) is 38.9. The van der Waals surface area contributed by atoms with Gasteiger partial charge < -0.3 is 15.7 Å². The second-order valence-electron chi connectivity index (χ2n) is 10.1. The minimum Gasteiger partial charge on any atom is -0.481 e. The third kappa shape index (κ3) is 5.20. The number of nitrogens with one attached hydrogen (secondary N) is 2. The van der Waals surface area contributed by atoms with Crippen molar-refractivity contribution >= 4 is 34.1 Å². The highest BCUT2D eigenvalue weighted by Gasteiger charge is 2.37. The molecule has 3 rings (SSSR count). The van der Waals surface area contributed by atoms with Gasteiger partial charge in [0.25, 0.3) is 5.91 Å². The molecule has 3 atom stereocenters. The maximum Gasteiger partial charge on any atom is 0.307 e. The standard InChI is InChI=1S/C24H34N2O4S/c1-13(2)25-21(28)19-17-11-10-14(24(3,4)5)12-18(17)31-22(19)26-20(27)15-8-6-7-9-16(15)23(29)30/h6-7,13-16H,8-12H2,1-5H3,(H,25,28)(H,26,27)(H,29,30)/t14-,15-,16-/m1/s1. The van der Waals surface area contributed by atoms with E-state index in [1.165, 1.54) is 11.3 Å². The van der Waals surface area contributed by atoms with Gasteiger partial charge in [0.05, 0.1) is 17.4 Å². The van der Waals surface area contributed by atoms with Crippen molar-refractivity contribution in [2.45, 2.75) is 72.8 Å². The third-order valence-electron chi connectivity index (χ3n) is 6.46. The lowest BCUT2D eigenvalue weighted by molar-refractivity contribution is -0.146. The van der Waals surface area contributed by atoms with E-state index in [-0.39, 0.29) is 23.3 Å². The summed E-state index contributed by atoms with van der Waals surface area (Å²) in [6.45, 7) is 10.6. The van der Waals surface area contributed by atoms with Crippen LogP contribution in [0.1, 0.15) is 74.7 Å². The van der Waals surface area contributed by atoms with Crippen LogP contribution in [0.2, 0.25) is 0 Å². The van der Waals surface area contributed by atoms with Crippen LogP contribution in [0.5, 0.6) is 0 Å². The Hall–Kier alpha value is -2.15. The van der Waals surface area contributed by atoms with Gasteiger partial charge in [-0.25, -0.2) is 0 Å². The molecular weight excluding hydrogens is 412 g/mol. The topological polar surface area (TPSA) is 95.5 Å². The Labute approximate surface area is 188 Å². The number of carbonyl (C=O) groups is 3. The van der Waals surface area contributed by atoms with Gasteiger partial charge in [0, 0.05) is 10.9 Å². The van der Waals surface area contributed by atoms with Crippen LogP contribution in [0.4, 0.5) is 5.00 Å². The van der Waals surface area contributed by atoms with Gasteiger partial charge in [-0.2, -0.15) is 0 Å². The van der Waals surface area contributed by atoms with Crippen LogP contribution in [0, 0.1) is 23.2 Å². The minimum absolute atomic E-state index is 0.0163. The number of thiophene rings is 1. The van der Waals surface area contributed by atoms with Gasteiger partial charge in [-0.15, -0.1) is 11.3 Å². The molecule has 0 bridgehead atoms. The van der Waals surface area contributed by atoms with E-state index in [4.69, 9.17) is 0 Å². The first-order valence-electron chi connectivity index (χ1n) is 11.1. The molecule has 0 fully saturated rings. The molecule has 1 aromatic rings. The lowest BCUT2D eigenvalue weighted by atomic mass is 9.72. The van der Waals surface area contributed by atoms with E-state index < -0.39 is 17.8 Å². The number of allylic oxidation sites excluding steroid dienone is 2. The van der Waals surface area contributed by atoms with Gasteiger partial charge in [0.1, 0.15) is 5.00 Å². The first-order valence-corrected chi connectivity index (χ1v) is 11.9. The molecule has 0 aliphatic heterocycles. The van der Waals surface area contributed by atoms with Gasteiger partial charge in [-0.05, 0) is 62.8 Å². The monoisotopic (exact) mass is 446 g/mol. The van der Waals surface area contributed by atoms with E-state index in [1.54, 1.807) is 0 Å². The number of hydrogen-bond acceptors (Lipinski definition) is 4. The molecule has 0 saturated heterocycles. The summed E-state index contributed by atoms with van der Waals surface area (Å²) in [5, 5.41) is 16.0. The van der Waals surface area contributed by atoms with E-state index >= 15 is 0 Å². The number of carboxylic acid groups (broad SMARTS) is 1. The molecule has 0 aromatic carbocycles. The predicted octanol–water partition coefficient (Wildman–Crippen LogP) is 4.64. The molecule has 2 aliphatic carbocycles. The van der Waals surface area contributed by atoms with E-state index in [0.29, 0.717) is 29.3 Å². The van der Waals surface area contributed by atoms with Gasteiger partial charge in [0.2, 0.25) is 5.91 Å². The fourth-order valence-corrected chi connectivity index (χ4v) is 5.90. The maximum absolute atomic E-state index is 13.1. The largest absolute Gasteiger partial charge is 0.481 e. The molecule has 1 heterocycles. The van der Waals surface area contributed by atoms with Crippen LogP contribution < -0.4 is 10.6 Å². The number of carbonyl (C=O) groups excluding carboxylic acids is 2. The van der Waals surface area contributed by atoms with Gasteiger partial charge in [0.15, 0.2) is 0 Å². The Bertz CT molecular complexity index is 894. The highest BCUT2D eigenvalue weighted by Crippen LogP contribution is 2.44. The van der Waals surface area contributed by atoms with E-state index in [0.717, 1.165) is 29.7 Å². The van der Waals surface area contributed by atoms with Crippen LogP contribution >= 0.6 is 11.3 Å². The molecule has 0 radical (unpaired) electrons. The number of aliphatic carboxylic acids is 1. The molecule has 2 amide bonds. The Morgan fingerprint density at radius 3 is 2.35 bits per heavy atom. The van der Waals surface area contributed by atoms with E-state index in [2.05, 4.69) is 31.4 Å². The second-order valence-corrected chi connectivity index (χ2v) is 11.2. The third-order valence-corrected chi connectivity index (χ3v) is 7.63. The summed E-state index contributed by atoms with van der Waals surface area (Å²) < 4.78 is 0. The van der Waals surface area contributed by atoms with Crippen molar-refractivity contribution in [3.05, 3.63) is 28.2 Å². The Kier molecular flexibility index (Phi) is 6.94. The lowest BCUT2D eigenvalue weighted by Gasteiger charge is -2.33. The predicted molar refractivity (Wildman–Crippen MR) is 124 cm³/mol. The Balaban J connectivity index is 1.93. The number of amides is 2. The van der Waals surface area contributed by atoms with Crippen molar-refractivity contribution in [1.29, 1.82) is 0 Å². The van der Waals surface area contributed by atoms with E-state index in [9.17, 15) is 19.5 Å². The molecule has 6 nitrogen and oxygen atoms in total. The quantitative estimate of drug-likeness (QED) is 0.574. The zero-order valence-electron chi connectivity index (χ0n) is 19.1. The number of hydrogen-bond donors (Lipinski definition) is 3. The second kappa shape index (κ2) is 9.15. The zero-order chi connectivity index (χ0) is 22.9. The van der Waals surface area contributed by atoms with Gasteiger partial charge in [-0.3, -0.25) is 14.4 Å². The molecule has 31 heavy (non-hydrogen) atoms. The summed E-state index contributed by atoms with van der Waals surface area (Å²) >= 11 is 1.48. The van der Waals surface area contributed by atoms with Crippen molar-refractivity contribution in [2.75, 3.05) is 5.32 Å². The van der Waals surface area contributed by atoms with Gasteiger partial charge >= 0.3 is 5.97 Å². The molecule has 2 aliphatic rings. The molecule has 0 saturated carbocycles. The Morgan fingerprint density at radius 1 is 1.13 bits per heavy atom. The lowest BCUT2D eigenvalue weighted by Crippen LogP contribution is -2.35. The molecular formula is C24H34N2O4S. The molecule has 170 valence electrons. The highest BCUT2D eigenvalue weighted by atomic mass is 32.1. The summed E-state index contributed by atoms with van der Waals surface area (Å²) in [5.74, 6) is -2.30. The molecule has 0 spiro atoms. The molecule has 7 heteroatoms. The number of fused-ring (bicyclic) bond motifs is 1. The summed E-state index contributed by atoms with van der Waals surface area (Å²) in [5.41, 5.74) is 1.78. The van der Waals surface area contributed by atoms with Crippen molar-refractivity contribution in [3.63, 3.8) is 0 Å². The van der Waals surface area contributed by atoms with Crippen LogP contribution in [0.15, 0.2) is 12.2 Å². The summed E-state index contributed by atoms with van der Waals surface area (Å²) in [6.07, 6.45) is 7.15. The van der Waals surface area contributed by atoms with Crippen molar-refractivity contribution in [2.24, 2.45) is 23.2 Å². The van der Waals surface area contributed by atoms with Gasteiger partial charge in [-0.1, -0.05) is 32.9 Å². The van der Waals surface area contributed by atoms with Crippen LogP contribution in [-0.4, -0.2) is 28.9 Å². The number of rotatable bonds is 5. The van der Waals surface area contributed by atoms with Crippen molar-refractivity contribution in [1.82, 2.24) is 5.32 Å². The first-order chi connectivity index (χ1) is 14.5. The summed E-state index contributed by atoms with van der Waals surface area (Å²) in [7, 11) is 0. The fourth-order valence-electron chi connectivity index (χ4n) is 4.57. The molecule has 1 aromatic heterocycles. The van der Waals surface area contributed by atoms with E-state index in [1.807, 2.05) is 26.0 Å².